The first-order chi connectivity index (χ1) is 8.65. The maximum Gasteiger partial charge on any atom is 0.244 e. The zero-order valence-corrected chi connectivity index (χ0v) is 10.7. The average Bonchev–Trinajstić information content (AvgIpc) is 2.42. The molecule has 1 aromatic carbocycles. The van der Waals surface area contributed by atoms with Crippen LogP contribution in [0.25, 0.3) is 6.08 Å². The van der Waals surface area contributed by atoms with Crippen LogP contribution in [0.2, 0.25) is 0 Å². The predicted molar refractivity (Wildman–Crippen MR) is 71.3 cm³/mol. The minimum atomic E-state index is -0.487. The van der Waals surface area contributed by atoms with Crippen LogP contribution in [0.4, 0.5) is 0 Å². The van der Waals surface area contributed by atoms with E-state index in [0.29, 0.717) is 6.42 Å². The van der Waals surface area contributed by atoms with Crippen LogP contribution < -0.4 is 10.1 Å². The Labute approximate surface area is 107 Å². The highest BCUT2D eigenvalue weighted by Crippen LogP contribution is 2.13. The summed E-state index contributed by atoms with van der Waals surface area (Å²) in [5.74, 6) is 0.532. The van der Waals surface area contributed by atoms with Crippen molar-refractivity contribution < 1.29 is 14.6 Å². The second-order valence-corrected chi connectivity index (χ2v) is 3.92. The van der Waals surface area contributed by atoms with Crippen molar-refractivity contribution in [2.75, 3.05) is 13.7 Å². The van der Waals surface area contributed by atoms with Crippen molar-refractivity contribution in [2.45, 2.75) is 19.4 Å². The fourth-order valence-electron chi connectivity index (χ4n) is 1.34. The van der Waals surface area contributed by atoms with Crippen molar-refractivity contribution in [1.82, 2.24) is 5.32 Å². The van der Waals surface area contributed by atoms with E-state index in [9.17, 15) is 9.90 Å². The summed E-state index contributed by atoms with van der Waals surface area (Å²) >= 11 is 0. The van der Waals surface area contributed by atoms with E-state index >= 15 is 0 Å². The summed E-state index contributed by atoms with van der Waals surface area (Å²) in [6.07, 6.45) is 3.28. The second-order valence-electron chi connectivity index (χ2n) is 3.92. The van der Waals surface area contributed by atoms with Crippen LogP contribution in [-0.2, 0) is 4.79 Å². The van der Waals surface area contributed by atoms with Gasteiger partial charge in [-0.3, -0.25) is 4.79 Å². The van der Waals surface area contributed by atoms with Gasteiger partial charge in [0.1, 0.15) is 5.75 Å². The summed E-state index contributed by atoms with van der Waals surface area (Å²) in [7, 11) is 1.60. The van der Waals surface area contributed by atoms with Crippen molar-refractivity contribution in [3.8, 4) is 5.75 Å². The molecule has 18 heavy (non-hydrogen) atoms. The van der Waals surface area contributed by atoms with Crippen molar-refractivity contribution in [3.05, 3.63) is 35.9 Å². The largest absolute Gasteiger partial charge is 0.497 e. The lowest BCUT2D eigenvalue weighted by molar-refractivity contribution is -0.116. The molecule has 0 fully saturated rings. The van der Waals surface area contributed by atoms with E-state index < -0.39 is 6.10 Å². The zero-order valence-electron chi connectivity index (χ0n) is 10.7. The number of hydrogen-bond acceptors (Lipinski definition) is 3. The maximum absolute atomic E-state index is 11.5. The van der Waals surface area contributed by atoms with Gasteiger partial charge in [-0.1, -0.05) is 19.1 Å². The molecule has 1 rings (SSSR count). The Morgan fingerprint density at radius 2 is 2.33 bits per heavy atom. The molecule has 0 bridgehead atoms. The Morgan fingerprint density at radius 3 is 3.00 bits per heavy atom. The Morgan fingerprint density at radius 1 is 1.56 bits per heavy atom. The van der Waals surface area contributed by atoms with Crippen LogP contribution in [0.5, 0.6) is 5.75 Å². The number of amides is 1. The zero-order chi connectivity index (χ0) is 13.4. The van der Waals surface area contributed by atoms with E-state index in [1.165, 1.54) is 6.08 Å². The van der Waals surface area contributed by atoms with E-state index in [2.05, 4.69) is 5.32 Å². The van der Waals surface area contributed by atoms with Crippen LogP contribution >= 0.6 is 0 Å². The smallest absolute Gasteiger partial charge is 0.244 e. The number of rotatable bonds is 6. The quantitative estimate of drug-likeness (QED) is 0.753. The molecule has 0 spiro atoms. The molecule has 0 radical (unpaired) electrons. The Balaban J connectivity index is 2.50. The van der Waals surface area contributed by atoms with Gasteiger partial charge in [0.15, 0.2) is 0 Å². The average molecular weight is 249 g/mol. The number of hydrogen-bond donors (Lipinski definition) is 2. The third kappa shape index (κ3) is 5.01. The van der Waals surface area contributed by atoms with Gasteiger partial charge < -0.3 is 15.2 Å². The van der Waals surface area contributed by atoms with Crippen molar-refractivity contribution in [1.29, 1.82) is 0 Å². The monoisotopic (exact) mass is 249 g/mol. The summed E-state index contributed by atoms with van der Waals surface area (Å²) in [5.41, 5.74) is 0.889. The van der Waals surface area contributed by atoms with Gasteiger partial charge in [-0.15, -0.1) is 0 Å². The molecule has 4 heteroatoms. The number of carbonyl (C=O) groups excluding carboxylic acids is 1. The number of aliphatic hydroxyl groups is 1. The van der Waals surface area contributed by atoms with Crippen LogP contribution in [0.15, 0.2) is 30.3 Å². The minimum absolute atomic E-state index is 0.217. The summed E-state index contributed by atoms with van der Waals surface area (Å²) in [6.45, 7) is 2.14. The van der Waals surface area contributed by atoms with Crippen LogP contribution in [0.3, 0.4) is 0 Å². The van der Waals surface area contributed by atoms with Crippen molar-refractivity contribution >= 4 is 12.0 Å². The van der Waals surface area contributed by atoms with Crippen LogP contribution in [-0.4, -0.2) is 30.8 Å². The van der Waals surface area contributed by atoms with E-state index in [0.717, 1.165) is 11.3 Å². The highest BCUT2D eigenvalue weighted by Gasteiger charge is 2.01. The Bertz CT molecular complexity index is 415. The second kappa shape index (κ2) is 7.50. The van der Waals surface area contributed by atoms with Crippen molar-refractivity contribution in [3.63, 3.8) is 0 Å². The van der Waals surface area contributed by atoms with Gasteiger partial charge in [-0.05, 0) is 30.2 Å². The van der Waals surface area contributed by atoms with E-state index in [1.807, 2.05) is 31.2 Å². The highest BCUT2D eigenvalue weighted by atomic mass is 16.5. The summed E-state index contributed by atoms with van der Waals surface area (Å²) in [4.78, 5) is 11.5. The van der Waals surface area contributed by atoms with Crippen LogP contribution in [0, 0.1) is 0 Å². The van der Waals surface area contributed by atoms with E-state index in [1.54, 1.807) is 13.2 Å². The maximum atomic E-state index is 11.5. The summed E-state index contributed by atoms with van der Waals surface area (Å²) in [6, 6.07) is 7.42. The SMILES string of the molecule is CCC(O)CNC(=O)/C=C/c1cccc(OC)c1. The lowest BCUT2D eigenvalue weighted by atomic mass is 10.2. The molecule has 0 heterocycles. The molecule has 0 aromatic heterocycles. The lowest BCUT2D eigenvalue weighted by Crippen LogP contribution is -2.30. The van der Waals surface area contributed by atoms with Gasteiger partial charge in [0.25, 0.3) is 0 Å². The van der Waals surface area contributed by atoms with Gasteiger partial charge in [0, 0.05) is 12.6 Å². The Hall–Kier alpha value is -1.81. The molecular weight excluding hydrogens is 230 g/mol. The molecule has 1 unspecified atom stereocenters. The first-order valence-electron chi connectivity index (χ1n) is 5.93. The fourth-order valence-corrected chi connectivity index (χ4v) is 1.34. The molecule has 0 aliphatic rings. The number of methoxy groups -OCH3 is 1. The molecule has 0 aliphatic heterocycles. The topological polar surface area (TPSA) is 58.6 Å². The minimum Gasteiger partial charge on any atom is -0.497 e. The first kappa shape index (κ1) is 14.3. The lowest BCUT2D eigenvalue weighted by Gasteiger charge is -2.07. The molecule has 1 atom stereocenters. The first-order valence-corrected chi connectivity index (χ1v) is 5.93. The number of ether oxygens (including phenoxy) is 1. The third-order valence-corrected chi connectivity index (χ3v) is 2.50. The van der Waals surface area contributed by atoms with E-state index in [-0.39, 0.29) is 12.5 Å². The number of aliphatic hydroxyl groups excluding tert-OH is 1. The third-order valence-electron chi connectivity index (χ3n) is 2.50. The number of benzene rings is 1. The molecule has 2 N–H and O–H groups in total. The standard InChI is InChI=1S/C14H19NO3/c1-3-12(16)10-15-14(17)8-7-11-5-4-6-13(9-11)18-2/h4-9,12,16H,3,10H2,1-2H3,(H,15,17)/b8-7+. The molecule has 0 saturated carbocycles. The Kier molecular flexibility index (Phi) is 5.94. The molecule has 0 aliphatic carbocycles. The molecular formula is C14H19NO3. The van der Waals surface area contributed by atoms with E-state index in [4.69, 9.17) is 4.74 Å². The van der Waals surface area contributed by atoms with Gasteiger partial charge in [0.05, 0.1) is 13.2 Å². The van der Waals surface area contributed by atoms with Gasteiger partial charge >= 0.3 is 0 Å². The van der Waals surface area contributed by atoms with Gasteiger partial charge in [-0.2, -0.15) is 0 Å². The normalized spacial score (nSPS) is 12.4. The summed E-state index contributed by atoms with van der Waals surface area (Å²) in [5, 5.41) is 11.9. The molecule has 98 valence electrons. The molecule has 0 saturated heterocycles. The fraction of sp³-hybridized carbons (Fsp3) is 0.357. The number of nitrogens with one attached hydrogen (secondary N) is 1. The van der Waals surface area contributed by atoms with Crippen LogP contribution in [0.1, 0.15) is 18.9 Å². The number of carbonyl (C=O) groups is 1. The highest BCUT2D eigenvalue weighted by molar-refractivity contribution is 5.91. The predicted octanol–water partition coefficient (Wildman–Crippen LogP) is 1.60. The molecule has 1 amide bonds. The molecule has 4 nitrogen and oxygen atoms in total. The van der Waals surface area contributed by atoms with Crippen molar-refractivity contribution in [2.24, 2.45) is 0 Å². The van der Waals surface area contributed by atoms with Gasteiger partial charge in [-0.25, -0.2) is 0 Å². The summed E-state index contributed by atoms with van der Waals surface area (Å²) < 4.78 is 5.09. The van der Waals surface area contributed by atoms with Gasteiger partial charge in [0.2, 0.25) is 5.91 Å². The molecule has 1 aromatic rings.